The molecule has 0 radical (unpaired) electrons. The Kier molecular flexibility index (Phi) is 4.60. The number of rotatable bonds is 4. The molecule has 0 bridgehead atoms. The summed E-state index contributed by atoms with van der Waals surface area (Å²) >= 11 is 0. The summed E-state index contributed by atoms with van der Waals surface area (Å²) in [7, 11) is 0. The van der Waals surface area contributed by atoms with E-state index in [0.29, 0.717) is 19.8 Å². The highest BCUT2D eigenvalue weighted by Crippen LogP contribution is 2.32. The van der Waals surface area contributed by atoms with E-state index in [1.165, 1.54) is 25.6 Å². The number of morpholine rings is 1. The molecule has 1 N–H and O–H groups in total. The Balaban J connectivity index is 1.39. The fourth-order valence-corrected chi connectivity index (χ4v) is 3.40. The Labute approximate surface area is 146 Å². The Morgan fingerprint density at radius 3 is 2.80 bits per heavy atom. The second-order valence-corrected chi connectivity index (χ2v) is 6.69. The van der Waals surface area contributed by atoms with Crippen molar-refractivity contribution < 1.29 is 9.53 Å². The van der Waals surface area contributed by atoms with Gasteiger partial charge >= 0.3 is 6.03 Å². The van der Waals surface area contributed by atoms with Gasteiger partial charge in [0.2, 0.25) is 0 Å². The number of urea groups is 1. The quantitative estimate of drug-likeness (QED) is 0.919. The van der Waals surface area contributed by atoms with Gasteiger partial charge in [0.25, 0.3) is 0 Å². The van der Waals surface area contributed by atoms with Crippen molar-refractivity contribution in [1.82, 2.24) is 25.1 Å². The molecule has 1 atom stereocenters. The average Bonchev–Trinajstić information content (AvgIpc) is 3.14. The van der Waals surface area contributed by atoms with Crippen molar-refractivity contribution in [2.45, 2.75) is 31.7 Å². The zero-order chi connectivity index (χ0) is 17.1. The standard InChI is InChI=1S/C17H22N6O2/c24-17(22-8-9-25-11-16(22)10-13-2-1-3-13)19-14-4-6-15(7-5-14)23-12-18-20-21-23/h4-7,12-13,16H,1-3,8-11H2,(H,19,24). The zero-order valence-corrected chi connectivity index (χ0v) is 14.0. The number of tetrazole rings is 1. The lowest BCUT2D eigenvalue weighted by Gasteiger charge is -2.39. The van der Waals surface area contributed by atoms with Crippen LogP contribution in [-0.4, -0.2) is 56.9 Å². The molecule has 1 saturated heterocycles. The highest BCUT2D eigenvalue weighted by Gasteiger charge is 2.31. The lowest BCUT2D eigenvalue weighted by Crippen LogP contribution is -2.51. The molecule has 1 aromatic carbocycles. The molecular formula is C17H22N6O2. The minimum Gasteiger partial charge on any atom is -0.377 e. The van der Waals surface area contributed by atoms with E-state index in [0.717, 1.165) is 23.7 Å². The van der Waals surface area contributed by atoms with Crippen molar-refractivity contribution >= 4 is 11.7 Å². The summed E-state index contributed by atoms with van der Waals surface area (Å²) in [6.07, 6.45) is 6.46. The molecule has 1 unspecified atom stereocenters. The summed E-state index contributed by atoms with van der Waals surface area (Å²) in [5.41, 5.74) is 1.60. The minimum absolute atomic E-state index is 0.0530. The molecule has 2 aliphatic rings. The molecule has 2 amide bonds. The Morgan fingerprint density at radius 2 is 2.12 bits per heavy atom. The van der Waals surface area contributed by atoms with E-state index in [9.17, 15) is 4.79 Å². The number of hydrogen-bond acceptors (Lipinski definition) is 5. The number of amides is 2. The summed E-state index contributed by atoms with van der Waals surface area (Å²) < 4.78 is 7.17. The SMILES string of the molecule is O=C(Nc1ccc(-n2cnnn2)cc1)N1CCOCC1CC1CCC1. The monoisotopic (exact) mass is 342 g/mol. The number of nitrogens with zero attached hydrogens (tertiary/aromatic N) is 5. The van der Waals surface area contributed by atoms with Crippen molar-refractivity contribution in [2.24, 2.45) is 5.92 Å². The molecule has 25 heavy (non-hydrogen) atoms. The van der Waals surface area contributed by atoms with Gasteiger partial charge in [-0.1, -0.05) is 19.3 Å². The molecule has 2 aromatic rings. The smallest absolute Gasteiger partial charge is 0.322 e. The molecule has 4 rings (SSSR count). The number of anilines is 1. The first kappa shape index (κ1) is 16.0. The fraction of sp³-hybridized carbons (Fsp3) is 0.529. The van der Waals surface area contributed by atoms with Gasteiger partial charge in [-0.25, -0.2) is 9.48 Å². The molecule has 1 aliphatic carbocycles. The van der Waals surface area contributed by atoms with Crippen molar-refractivity contribution in [2.75, 3.05) is 25.1 Å². The average molecular weight is 342 g/mol. The highest BCUT2D eigenvalue weighted by molar-refractivity contribution is 5.89. The molecule has 1 aliphatic heterocycles. The van der Waals surface area contributed by atoms with Crippen molar-refractivity contribution in [3.63, 3.8) is 0 Å². The third-order valence-electron chi connectivity index (χ3n) is 5.05. The number of benzene rings is 1. The topological polar surface area (TPSA) is 85.2 Å². The molecule has 1 saturated carbocycles. The minimum atomic E-state index is -0.0530. The molecule has 0 spiro atoms. The van der Waals surface area contributed by atoms with Gasteiger partial charge in [0.15, 0.2) is 0 Å². The second kappa shape index (κ2) is 7.18. The van der Waals surface area contributed by atoms with E-state index in [-0.39, 0.29) is 12.1 Å². The van der Waals surface area contributed by atoms with Gasteiger partial charge in [-0.2, -0.15) is 0 Å². The van der Waals surface area contributed by atoms with Crippen LogP contribution < -0.4 is 5.32 Å². The van der Waals surface area contributed by atoms with Crippen molar-refractivity contribution in [3.05, 3.63) is 30.6 Å². The maximum atomic E-state index is 12.7. The van der Waals surface area contributed by atoms with E-state index in [1.807, 2.05) is 29.2 Å². The molecule has 2 fully saturated rings. The summed E-state index contributed by atoms with van der Waals surface area (Å²) in [4.78, 5) is 14.6. The van der Waals surface area contributed by atoms with Crippen LogP contribution in [0.4, 0.5) is 10.5 Å². The van der Waals surface area contributed by atoms with Crippen molar-refractivity contribution in [3.8, 4) is 5.69 Å². The summed E-state index contributed by atoms with van der Waals surface area (Å²) in [6, 6.07) is 7.59. The van der Waals surface area contributed by atoms with Crippen LogP contribution in [0.2, 0.25) is 0 Å². The normalized spacial score (nSPS) is 21.0. The van der Waals surface area contributed by atoms with Gasteiger partial charge in [0, 0.05) is 12.2 Å². The van der Waals surface area contributed by atoms with E-state index < -0.39 is 0 Å². The van der Waals surface area contributed by atoms with Crippen LogP contribution in [0.5, 0.6) is 0 Å². The van der Waals surface area contributed by atoms with E-state index >= 15 is 0 Å². The summed E-state index contributed by atoms with van der Waals surface area (Å²) in [6.45, 7) is 1.89. The van der Waals surface area contributed by atoms with E-state index in [4.69, 9.17) is 4.74 Å². The predicted molar refractivity (Wildman–Crippen MR) is 91.4 cm³/mol. The number of nitrogens with one attached hydrogen (secondary N) is 1. The Hall–Kier alpha value is -2.48. The van der Waals surface area contributed by atoms with Crippen LogP contribution in [0.3, 0.4) is 0 Å². The molecule has 2 heterocycles. The van der Waals surface area contributed by atoms with Gasteiger partial charge in [-0.15, -0.1) is 5.10 Å². The lowest BCUT2D eigenvalue weighted by atomic mass is 9.80. The van der Waals surface area contributed by atoms with Gasteiger partial charge in [-0.3, -0.25) is 0 Å². The largest absolute Gasteiger partial charge is 0.377 e. The van der Waals surface area contributed by atoms with Gasteiger partial charge in [-0.05, 0) is 47.0 Å². The van der Waals surface area contributed by atoms with E-state index in [1.54, 1.807) is 4.68 Å². The number of aromatic nitrogens is 4. The van der Waals surface area contributed by atoms with Crippen LogP contribution in [0, 0.1) is 5.92 Å². The number of carbonyl (C=O) groups is 1. The first-order chi connectivity index (χ1) is 12.3. The number of carbonyl (C=O) groups excluding carboxylic acids is 1. The number of hydrogen-bond donors (Lipinski definition) is 1. The molecule has 8 heteroatoms. The van der Waals surface area contributed by atoms with Crippen molar-refractivity contribution in [1.29, 1.82) is 0 Å². The first-order valence-electron chi connectivity index (χ1n) is 8.78. The van der Waals surface area contributed by atoms with Gasteiger partial charge in [0.05, 0.1) is 24.9 Å². The van der Waals surface area contributed by atoms with E-state index in [2.05, 4.69) is 20.8 Å². The summed E-state index contributed by atoms with van der Waals surface area (Å²) in [5, 5.41) is 14.1. The summed E-state index contributed by atoms with van der Waals surface area (Å²) in [5.74, 6) is 0.748. The predicted octanol–water partition coefficient (Wildman–Crippen LogP) is 2.09. The third kappa shape index (κ3) is 3.63. The van der Waals surface area contributed by atoms with Gasteiger partial charge < -0.3 is 15.0 Å². The second-order valence-electron chi connectivity index (χ2n) is 6.69. The maximum Gasteiger partial charge on any atom is 0.322 e. The van der Waals surface area contributed by atoms with Crippen LogP contribution in [0.15, 0.2) is 30.6 Å². The molecule has 8 nitrogen and oxygen atoms in total. The third-order valence-corrected chi connectivity index (χ3v) is 5.05. The zero-order valence-electron chi connectivity index (χ0n) is 14.0. The Morgan fingerprint density at radius 1 is 1.28 bits per heavy atom. The van der Waals surface area contributed by atoms with Crippen LogP contribution in [0.1, 0.15) is 25.7 Å². The maximum absolute atomic E-state index is 12.7. The van der Waals surface area contributed by atoms with Crippen LogP contribution in [0.25, 0.3) is 5.69 Å². The fourth-order valence-electron chi connectivity index (χ4n) is 3.40. The van der Waals surface area contributed by atoms with Crippen LogP contribution in [-0.2, 0) is 4.74 Å². The van der Waals surface area contributed by atoms with Gasteiger partial charge in [0.1, 0.15) is 6.33 Å². The molecule has 132 valence electrons. The first-order valence-corrected chi connectivity index (χ1v) is 8.78. The highest BCUT2D eigenvalue weighted by atomic mass is 16.5. The Bertz CT molecular complexity index is 698. The lowest BCUT2D eigenvalue weighted by molar-refractivity contribution is 0.00232. The van der Waals surface area contributed by atoms with Crippen LogP contribution >= 0.6 is 0 Å². The molecule has 1 aromatic heterocycles. The molecular weight excluding hydrogens is 320 g/mol. The number of ether oxygens (including phenoxy) is 1.